The molecule has 9 heteroatoms. The number of aryl methyl sites for hydroxylation is 2. The number of hydrogen-bond acceptors (Lipinski definition) is 7. The molecule has 2 atom stereocenters. The van der Waals surface area contributed by atoms with Crippen LogP contribution in [-0.4, -0.2) is 74.8 Å². The normalized spacial score (nSPS) is 26.4. The van der Waals surface area contributed by atoms with E-state index >= 15 is 0 Å². The Hall–Kier alpha value is -2.94. The summed E-state index contributed by atoms with van der Waals surface area (Å²) in [5.41, 5.74) is 10.2. The van der Waals surface area contributed by atoms with Gasteiger partial charge in [0.2, 0.25) is 0 Å². The fourth-order valence-electron chi connectivity index (χ4n) is 5.72. The van der Waals surface area contributed by atoms with Gasteiger partial charge in [0.25, 0.3) is 5.91 Å². The van der Waals surface area contributed by atoms with Gasteiger partial charge >= 0.3 is 0 Å². The summed E-state index contributed by atoms with van der Waals surface area (Å²) in [5.74, 6) is 1.73. The highest BCUT2D eigenvalue weighted by Gasteiger charge is 2.33. The monoisotopic (exact) mass is 464 g/mol. The molecule has 0 saturated carbocycles. The Morgan fingerprint density at radius 1 is 1.21 bits per heavy atom. The molecule has 5 rings (SSSR count). The highest BCUT2D eigenvalue weighted by Crippen LogP contribution is 2.29. The maximum atomic E-state index is 13.8. The number of rotatable bonds is 3. The third kappa shape index (κ3) is 4.17. The second kappa shape index (κ2) is 9.37. The summed E-state index contributed by atoms with van der Waals surface area (Å²) in [6.45, 7) is 8.23. The largest absolute Gasteiger partial charge is 0.355 e. The van der Waals surface area contributed by atoms with Crippen molar-refractivity contribution in [1.29, 1.82) is 0 Å². The molecule has 0 aromatic carbocycles. The molecule has 9 nitrogen and oxygen atoms in total. The van der Waals surface area contributed by atoms with E-state index in [0.29, 0.717) is 5.82 Å². The Morgan fingerprint density at radius 3 is 2.79 bits per heavy atom. The Labute approximate surface area is 201 Å². The second-order valence-electron chi connectivity index (χ2n) is 9.92. The van der Waals surface area contributed by atoms with Crippen molar-refractivity contribution >= 4 is 18.5 Å². The first-order valence-electron chi connectivity index (χ1n) is 12.6. The molecule has 182 valence electrons. The molecule has 0 spiro atoms. The molecule has 1 unspecified atom stereocenters. The van der Waals surface area contributed by atoms with Crippen molar-refractivity contribution in [3.63, 3.8) is 0 Å². The van der Waals surface area contributed by atoms with Crippen molar-refractivity contribution in [3.05, 3.63) is 40.6 Å². The van der Waals surface area contributed by atoms with E-state index in [1.165, 1.54) is 0 Å². The number of amides is 1. The summed E-state index contributed by atoms with van der Waals surface area (Å²) in [5, 5.41) is 10.6. The van der Waals surface area contributed by atoms with Gasteiger partial charge in [-0.05, 0) is 64.4 Å². The van der Waals surface area contributed by atoms with Crippen LogP contribution in [0.2, 0.25) is 0 Å². The third-order valence-corrected chi connectivity index (χ3v) is 7.47. The van der Waals surface area contributed by atoms with Crippen LogP contribution in [0.1, 0.15) is 67.2 Å². The smallest absolute Gasteiger partial charge is 0.272 e. The predicted molar refractivity (Wildman–Crippen MR) is 133 cm³/mol. The van der Waals surface area contributed by atoms with Crippen LogP contribution in [0, 0.1) is 0 Å². The van der Waals surface area contributed by atoms with E-state index < -0.39 is 0 Å². The first kappa shape index (κ1) is 22.8. The van der Waals surface area contributed by atoms with Crippen LogP contribution in [-0.2, 0) is 19.9 Å². The van der Waals surface area contributed by atoms with E-state index in [4.69, 9.17) is 10.7 Å². The zero-order chi connectivity index (χ0) is 23.8. The van der Waals surface area contributed by atoms with Crippen molar-refractivity contribution in [2.75, 3.05) is 19.6 Å². The van der Waals surface area contributed by atoms with Gasteiger partial charge in [-0.25, -0.2) is 10.0 Å². The fraction of sp³-hybridized carbons (Fsp3) is 0.600. The van der Waals surface area contributed by atoms with Gasteiger partial charge < -0.3 is 15.5 Å². The molecule has 3 aliphatic heterocycles. The van der Waals surface area contributed by atoms with Gasteiger partial charge in [-0.3, -0.25) is 9.48 Å². The van der Waals surface area contributed by atoms with Crippen molar-refractivity contribution in [1.82, 2.24) is 24.6 Å². The van der Waals surface area contributed by atoms with Crippen LogP contribution in [0.4, 0.5) is 0 Å². The lowest BCUT2D eigenvalue weighted by atomic mass is 9.94. The van der Waals surface area contributed by atoms with Crippen LogP contribution in [0.15, 0.2) is 33.8 Å². The average molecular weight is 465 g/mol. The molecule has 34 heavy (non-hydrogen) atoms. The Bertz CT molecular complexity index is 1070. The SMILES string of the molecule is C=NN1C=C(C)C(N2CC[C@H](N)C2)=N/C1=C/C1CCCCN1C(=O)c1c2c(nn1C)CCCC2. The van der Waals surface area contributed by atoms with Crippen LogP contribution in [0.25, 0.3) is 0 Å². The van der Waals surface area contributed by atoms with Crippen LogP contribution in [0.5, 0.6) is 0 Å². The summed E-state index contributed by atoms with van der Waals surface area (Å²) < 4.78 is 1.80. The average Bonchev–Trinajstić information content (AvgIpc) is 3.41. The Morgan fingerprint density at radius 2 is 2.03 bits per heavy atom. The molecule has 0 radical (unpaired) electrons. The third-order valence-electron chi connectivity index (χ3n) is 7.47. The number of piperidine rings is 1. The molecule has 2 saturated heterocycles. The molecule has 1 aliphatic carbocycles. The highest BCUT2D eigenvalue weighted by atomic mass is 16.2. The molecular formula is C25H36N8O. The zero-order valence-electron chi connectivity index (χ0n) is 20.4. The lowest BCUT2D eigenvalue weighted by Gasteiger charge is -2.35. The topological polar surface area (TPSA) is 95.3 Å². The van der Waals surface area contributed by atoms with Crippen molar-refractivity contribution in [2.24, 2.45) is 22.9 Å². The Balaban J connectivity index is 1.46. The Kier molecular flexibility index (Phi) is 6.29. The first-order valence-corrected chi connectivity index (χ1v) is 12.6. The number of amidine groups is 1. The number of carbonyl (C=O) groups excluding carboxylic acids is 1. The summed E-state index contributed by atoms with van der Waals surface area (Å²) in [4.78, 5) is 23.1. The fourth-order valence-corrected chi connectivity index (χ4v) is 5.72. The molecule has 1 amide bonds. The maximum absolute atomic E-state index is 13.8. The summed E-state index contributed by atoms with van der Waals surface area (Å²) in [7, 11) is 1.90. The molecule has 0 bridgehead atoms. The number of carbonyl (C=O) groups is 1. The van der Waals surface area contributed by atoms with Gasteiger partial charge in [0, 0.05) is 56.8 Å². The molecule has 4 aliphatic rings. The maximum Gasteiger partial charge on any atom is 0.272 e. The lowest BCUT2D eigenvalue weighted by molar-refractivity contribution is 0.0649. The van der Waals surface area contributed by atoms with E-state index in [-0.39, 0.29) is 18.0 Å². The van der Waals surface area contributed by atoms with Gasteiger partial charge in [0.05, 0.1) is 11.7 Å². The van der Waals surface area contributed by atoms with E-state index in [0.717, 1.165) is 99.4 Å². The highest BCUT2D eigenvalue weighted by molar-refractivity contribution is 5.99. The molecule has 1 aromatic rings. The van der Waals surface area contributed by atoms with Gasteiger partial charge in [-0.1, -0.05) is 0 Å². The zero-order valence-corrected chi connectivity index (χ0v) is 20.4. The second-order valence-corrected chi connectivity index (χ2v) is 9.92. The number of fused-ring (bicyclic) bond motifs is 1. The first-order chi connectivity index (χ1) is 16.5. The molecule has 1 aromatic heterocycles. The number of hydrazone groups is 1. The van der Waals surface area contributed by atoms with E-state index in [2.05, 4.69) is 27.9 Å². The van der Waals surface area contributed by atoms with E-state index in [1.54, 1.807) is 9.69 Å². The van der Waals surface area contributed by atoms with Crippen molar-refractivity contribution in [2.45, 2.75) is 70.4 Å². The minimum atomic E-state index is -0.0488. The minimum Gasteiger partial charge on any atom is -0.355 e. The lowest BCUT2D eigenvalue weighted by Crippen LogP contribution is -2.44. The summed E-state index contributed by atoms with van der Waals surface area (Å²) >= 11 is 0. The molecule has 2 N–H and O–H groups in total. The summed E-state index contributed by atoms with van der Waals surface area (Å²) in [6.07, 6.45) is 12.2. The van der Waals surface area contributed by atoms with E-state index in [9.17, 15) is 4.79 Å². The van der Waals surface area contributed by atoms with Gasteiger partial charge in [-0.15, -0.1) is 0 Å². The van der Waals surface area contributed by atoms with E-state index in [1.807, 2.05) is 25.1 Å². The van der Waals surface area contributed by atoms with Crippen molar-refractivity contribution < 1.29 is 4.79 Å². The number of nitrogens with two attached hydrogens (primary N) is 1. The van der Waals surface area contributed by atoms with Gasteiger partial charge in [0.1, 0.15) is 11.5 Å². The number of aliphatic imine (C=N–C) groups is 1. The molecule has 2 fully saturated rings. The number of nitrogens with zero attached hydrogens (tertiary/aromatic N) is 7. The molecule has 4 heterocycles. The van der Waals surface area contributed by atoms with Gasteiger partial charge in [-0.2, -0.15) is 10.2 Å². The minimum absolute atomic E-state index is 0.0488. The number of hydrogen-bond donors (Lipinski definition) is 1. The predicted octanol–water partition coefficient (Wildman–Crippen LogP) is 2.40. The quantitative estimate of drug-likeness (QED) is 0.693. The van der Waals surface area contributed by atoms with Crippen LogP contribution >= 0.6 is 0 Å². The number of likely N-dealkylation sites (tertiary alicyclic amines) is 2. The standard InChI is InChI=1S/C25H36N8O/c1-17-15-33(27-2)22(28-24(17)31-13-11-18(26)16-31)14-19-8-6-7-12-32(19)25(34)23-20-9-4-5-10-21(20)29-30(23)3/h14-15,18-19H,2,4-13,16,26H2,1,3H3/b22-14-/t18-,19?/m0/s1. The summed E-state index contributed by atoms with van der Waals surface area (Å²) in [6, 6.07) is 0.127. The van der Waals surface area contributed by atoms with Crippen molar-refractivity contribution in [3.8, 4) is 0 Å². The molecular weight excluding hydrogens is 428 g/mol. The van der Waals surface area contributed by atoms with Crippen LogP contribution < -0.4 is 5.73 Å². The number of aromatic nitrogens is 2. The van der Waals surface area contributed by atoms with Crippen LogP contribution in [0.3, 0.4) is 0 Å². The van der Waals surface area contributed by atoms with Gasteiger partial charge in [0.15, 0.2) is 5.82 Å².